The second kappa shape index (κ2) is 7.92. The van der Waals surface area contributed by atoms with Gasteiger partial charge >= 0.3 is 0 Å². The average Bonchev–Trinajstić information content (AvgIpc) is 2.10. The molecule has 4 unspecified atom stereocenters. The summed E-state index contributed by atoms with van der Waals surface area (Å²) in [6.07, 6.45) is 2.16. The van der Waals surface area contributed by atoms with Gasteiger partial charge in [-0.1, -0.05) is 0 Å². The maximum atomic E-state index is 4.74. The smallest absolute Gasteiger partial charge is 0.0178 e. The van der Waals surface area contributed by atoms with Crippen molar-refractivity contribution in [1.29, 1.82) is 0 Å². The summed E-state index contributed by atoms with van der Waals surface area (Å²) in [5.41, 5.74) is 0. The molecule has 4 atom stereocenters. The highest BCUT2D eigenvalue weighted by atomic mass is 32.2. The van der Waals surface area contributed by atoms with Gasteiger partial charge in [0.25, 0.3) is 0 Å². The molecule has 2 aliphatic heterocycles. The van der Waals surface area contributed by atoms with Gasteiger partial charge < -0.3 is 0 Å². The molecule has 2 aliphatic rings. The van der Waals surface area contributed by atoms with Gasteiger partial charge in [0.1, 0.15) is 0 Å². The van der Waals surface area contributed by atoms with Crippen molar-refractivity contribution < 1.29 is 0 Å². The van der Waals surface area contributed by atoms with Crippen molar-refractivity contribution in [3.8, 4) is 0 Å². The van der Waals surface area contributed by atoms with E-state index in [4.69, 9.17) is 50.5 Å². The number of thiol groups is 4. The minimum absolute atomic E-state index is 0.373. The van der Waals surface area contributed by atoms with Gasteiger partial charge in [0.2, 0.25) is 0 Å². The van der Waals surface area contributed by atoms with Crippen LogP contribution in [0.15, 0.2) is 0 Å². The van der Waals surface area contributed by atoms with Gasteiger partial charge in [-0.2, -0.15) is 74.0 Å². The molecule has 0 aromatic rings. The molecule has 6 heteroatoms. The molecule has 0 aliphatic carbocycles. The van der Waals surface area contributed by atoms with Crippen LogP contribution in [-0.4, -0.2) is 44.0 Å². The van der Waals surface area contributed by atoms with Crippen LogP contribution in [-0.2, 0) is 0 Å². The quantitative estimate of drug-likeness (QED) is 0.513. The summed E-state index contributed by atoms with van der Waals surface area (Å²) in [4.78, 5) is 0. The van der Waals surface area contributed by atoms with Crippen molar-refractivity contribution in [1.82, 2.24) is 0 Å². The summed E-state index contributed by atoms with van der Waals surface area (Å²) in [6, 6.07) is 0. The second-order valence-electron chi connectivity index (χ2n) is 5.35. The molecule has 0 nitrogen and oxygen atoms in total. The molecule has 18 heavy (non-hydrogen) atoms. The highest BCUT2D eigenvalue weighted by molar-refractivity contribution is 8.01. The maximum absolute atomic E-state index is 4.74. The Morgan fingerprint density at radius 2 is 1.39 bits per heavy atom. The Kier molecular flexibility index (Phi) is 7.25. The summed E-state index contributed by atoms with van der Waals surface area (Å²) >= 11 is 23.0. The average molecular weight is 359 g/mol. The lowest BCUT2D eigenvalue weighted by Crippen LogP contribution is -2.36. The van der Waals surface area contributed by atoms with E-state index in [1.165, 1.54) is 23.0 Å². The maximum Gasteiger partial charge on any atom is 0.0178 e. The van der Waals surface area contributed by atoms with Crippen molar-refractivity contribution in [3.63, 3.8) is 0 Å². The van der Waals surface area contributed by atoms with Crippen LogP contribution in [0.25, 0.3) is 0 Å². The summed E-state index contributed by atoms with van der Waals surface area (Å²) < 4.78 is 0. The number of hydrogen-bond acceptors (Lipinski definition) is 6. The Morgan fingerprint density at radius 3 is 1.83 bits per heavy atom. The Bertz CT molecular complexity index is 253. The fraction of sp³-hybridized carbons (Fsp3) is 1.00. The first kappa shape index (κ1) is 16.5. The van der Waals surface area contributed by atoms with Gasteiger partial charge in [0, 0.05) is 21.0 Å². The molecular formula is C12H22S6. The summed E-state index contributed by atoms with van der Waals surface area (Å²) in [5.74, 6) is 6.66. The van der Waals surface area contributed by atoms with Crippen LogP contribution in [0, 0.1) is 11.8 Å². The van der Waals surface area contributed by atoms with Crippen molar-refractivity contribution in [3.05, 3.63) is 0 Å². The molecule has 2 rings (SSSR count). The number of thioether (sulfide) groups is 2. The van der Waals surface area contributed by atoms with E-state index in [0.717, 1.165) is 24.7 Å². The largest absolute Gasteiger partial charge is 0.176 e. The third-order valence-corrected chi connectivity index (χ3v) is 9.03. The monoisotopic (exact) mass is 358 g/mol. The van der Waals surface area contributed by atoms with Crippen LogP contribution in [0.3, 0.4) is 0 Å². The van der Waals surface area contributed by atoms with Crippen molar-refractivity contribution >= 4 is 74.0 Å². The molecule has 0 spiro atoms. The molecule has 2 fully saturated rings. The van der Waals surface area contributed by atoms with Gasteiger partial charge in [0.15, 0.2) is 0 Å². The Morgan fingerprint density at radius 1 is 0.833 bits per heavy atom. The topological polar surface area (TPSA) is 0 Å². The Balaban J connectivity index is 1.67. The lowest BCUT2D eigenvalue weighted by Gasteiger charge is -2.35. The molecular weight excluding hydrogens is 337 g/mol. The third-order valence-electron chi connectivity index (χ3n) is 3.78. The van der Waals surface area contributed by atoms with Crippen molar-refractivity contribution in [2.45, 2.75) is 33.8 Å². The fourth-order valence-electron chi connectivity index (χ4n) is 2.23. The first-order valence-electron chi connectivity index (χ1n) is 6.45. The summed E-state index contributed by atoms with van der Waals surface area (Å²) in [7, 11) is 0. The van der Waals surface area contributed by atoms with Gasteiger partial charge in [-0.3, -0.25) is 0 Å². The zero-order valence-corrected chi connectivity index (χ0v) is 15.5. The van der Waals surface area contributed by atoms with Crippen LogP contribution in [0.2, 0.25) is 0 Å². The molecule has 2 heterocycles. The molecule has 0 saturated carbocycles. The standard InChI is InChI=1S/C12H22S6/c13-9(1-10(14)7-3-17-4-7)2-11(15)12(16)8-5-18-6-8/h7-16H,1-6H2. The normalized spacial score (nSPS) is 28.0. The van der Waals surface area contributed by atoms with E-state index in [1.54, 1.807) is 0 Å². The summed E-state index contributed by atoms with van der Waals surface area (Å²) in [5, 5.41) is 1.75. The zero-order valence-electron chi connectivity index (χ0n) is 10.3. The van der Waals surface area contributed by atoms with E-state index in [1.807, 2.05) is 23.5 Å². The van der Waals surface area contributed by atoms with Gasteiger partial charge in [-0.05, 0) is 47.7 Å². The molecule has 2 saturated heterocycles. The van der Waals surface area contributed by atoms with Crippen LogP contribution in [0.4, 0.5) is 0 Å². The van der Waals surface area contributed by atoms with Gasteiger partial charge in [-0.25, -0.2) is 0 Å². The first-order chi connectivity index (χ1) is 8.58. The SMILES string of the molecule is SC(CC(S)C1CSC1)CC(S)C(S)C1CSC1. The summed E-state index contributed by atoms with van der Waals surface area (Å²) in [6.45, 7) is 0. The van der Waals surface area contributed by atoms with Crippen molar-refractivity contribution in [2.75, 3.05) is 23.0 Å². The van der Waals surface area contributed by atoms with Crippen LogP contribution < -0.4 is 0 Å². The zero-order chi connectivity index (χ0) is 13.1. The lowest BCUT2D eigenvalue weighted by atomic mass is 9.98. The molecule has 0 bridgehead atoms. The third kappa shape index (κ3) is 4.55. The number of rotatable bonds is 7. The van der Waals surface area contributed by atoms with E-state index in [-0.39, 0.29) is 0 Å². The van der Waals surface area contributed by atoms with E-state index < -0.39 is 0 Å². The fourth-order valence-corrected chi connectivity index (χ4v) is 6.78. The van der Waals surface area contributed by atoms with Gasteiger partial charge in [0.05, 0.1) is 0 Å². The highest BCUT2D eigenvalue weighted by Gasteiger charge is 2.32. The molecule has 106 valence electrons. The first-order valence-corrected chi connectivity index (χ1v) is 10.8. The van der Waals surface area contributed by atoms with Crippen LogP contribution in [0.1, 0.15) is 12.8 Å². The second-order valence-corrected chi connectivity index (χ2v) is 10.1. The van der Waals surface area contributed by atoms with E-state index in [0.29, 0.717) is 21.0 Å². The Hall–Kier alpha value is 2.10. The van der Waals surface area contributed by atoms with Crippen molar-refractivity contribution in [2.24, 2.45) is 11.8 Å². The Labute approximate surface area is 142 Å². The van der Waals surface area contributed by atoms with E-state index in [9.17, 15) is 0 Å². The predicted molar refractivity (Wildman–Crippen MR) is 102 cm³/mol. The van der Waals surface area contributed by atoms with Gasteiger partial charge in [-0.15, -0.1) is 0 Å². The minimum atomic E-state index is 0.373. The minimum Gasteiger partial charge on any atom is -0.176 e. The molecule has 0 amide bonds. The molecule has 0 aromatic carbocycles. The highest BCUT2D eigenvalue weighted by Crippen LogP contribution is 2.37. The van der Waals surface area contributed by atoms with Crippen LogP contribution in [0.5, 0.6) is 0 Å². The molecule has 0 radical (unpaired) electrons. The lowest BCUT2D eigenvalue weighted by molar-refractivity contribution is 0.519. The van der Waals surface area contributed by atoms with E-state index >= 15 is 0 Å². The van der Waals surface area contributed by atoms with E-state index in [2.05, 4.69) is 0 Å². The molecule has 0 N–H and O–H groups in total. The predicted octanol–water partition coefficient (Wildman–Crippen LogP) is 3.69. The van der Waals surface area contributed by atoms with Crippen LogP contribution >= 0.6 is 74.0 Å². The number of hydrogen-bond donors (Lipinski definition) is 4. The molecule has 0 aromatic heterocycles.